The summed E-state index contributed by atoms with van der Waals surface area (Å²) in [6.45, 7) is 7.58. The largest absolute Gasteiger partial charge is 0.337 e. The van der Waals surface area contributed by atoms with Crippen LogP contribution in [-0.4, -0.2) is 55.5 Å². The fourth-order valence-electron chi connectivity index (χ4n) is 2.61. The van der Waals surface area contributed by atoms with Crippen LogP contribution >= 0.6 is 0 Å². The second kappa shape index (κ2) is 6.79. The van der Waals surface area contributed by atoms with E-state index in [0.29, 0.717) is 38.2 Å². The zero-order chi connectivity index (χ0) is 16.3. The molecule has 1 aromatic rings. The van der Waals surface area contributed by atoms with Gasteiger partial charge < -0.3 is 4.90 Å². The third kappa shape index (κ3) is 3.67. The van der Waals surface area contributed by atoms with Crippen molar-refractivity contribution in [2.45, 2.75) is 27.2 Å². The highest BCUT2D eigenvalue weighted by Gasteiger charge is 2.26. The van der Waals surface area contributed by atoms with Gasteiger partial charge in [0.25, 0.3) is 5.91 Å². The Bertz CT molecular complexity index is 655. The summed E-state index contributed by atoms with van der Waals surface area (Å²) in [5, 5.41) is 0. The maximum Gasteiger partial charge on any atom is 0.253 e. The summed E-state index contributed by atoms with van der Waals surface area (Å²) in [5.74, 6) is 0.0943. The predicted octanol–water partition coefficient (Wildman–Crippen LogP) is 1.80. The number of hydrogen-bond acceptors (Lipinski definition) is 3. The van der Waals surface area contributed by atoms with Crippen LogP contribution in [0.2, 0.25) is 0 Å². The lowest BCUT2D eigenvalue weighted by molar-refractivity contribution is 0.0764. The molecule has 0 N–H and O–H groups in total. The summed E-state index contributed by atoms with van der Waals surface area (Å²) in [6, 6.07) is 5.70. The molecule has 1 fully saturated rings. The Labute approximate surface area is 133 Å². The van der Waals surface area contributed by atoms with E-state index in [4.69, 9.17) is 0 Å². The Morgan fingerprint density at radius 3 is 2.45 bits per heavy atom. The highest BCUT2D eigenvalue weighted by Crippen LogP contribution is 2.15. The van der Waals surface area contributed by atoms with Gasteiger partial charge in [-0.25, -0.2) is 12.7 Å². The molecule has 0 unspecified atom stereocenters. The first kappa shape index (κ1) is 17.0. The number of aryl methyl sites for hydroxylation is 2. The van der Waals surface area contributed by atoms with Crippen molar-refractivity contribution in [3.8, 4) is 0 Å². The molecule has 0 atom stereocenters. The number of benzene rings is 1. The standard InChI is InChI=1S/C16H24N2O3S/c1-4-22(20,21)18-9-5-8-17(10-11-18)16(19)15-7-6-13(2)14(3)12-15/h6-7,12H,4-5,8-11H2,1-3H3. The molecular weight excluding hydrogens is 300 g/mol. The van der Waals surface area contributed by atoms with E-state index in [2.05, 4.69) is 0 Å². The van der Waals surface area contributed by atoms with Crippen molar-refractivity contribution in [3.05, 3.63) is 34.9 Å². The molecule has 1 aliphatic heterocycles. The molecule has 0 radical (unpaired) electrons. The molecule has 2 rings (SSSR count). The number of sulfonamides is 1. The van der Waals surface area contributed by atoms with Gasteiger partial charge >= 0.3 is 0 Å². The quantitative estimate of drug-likeness (QED) is 0.852. The number of carbonyl (C=O) groups is 1. The van der Waals surface area contributed by atoms with Crippen LogP contribution < -0.4 is 0 Å². The van der Waals surface area contributed by atoms with Gasteiger partial charge in [0.15, 0.2) is 0 Å². The van der Waals surface area contributed by atoms with Crippen molar-refractivity contribution in [2.24, 2.45) is 0 Å². The van der Waals surface area contributed by atoms with Gasteiger partial charge in [-0.3, -0.25) is 4.79 Å². The minimum atomic E-state index is -3.18. The fraction of sp³-hybridized carbons (Fsp3) is 0.562. The molecule has 122 valence electrons. The van der Waals surface area contributed by atoms with Gasteiger partial charge in [-0.1, -0.05) is 6.07 Å². The smallest absolute Gasteiger partial charge is 0.253 e. The topological polar surface area (TPSA) is 57.7 Å². The van der Waals surface area contributed by atoms with Gasteiger partial charge in [-0.05, 0) is 50.5 Å². The monoisotopic (exact) mass is 324 g/mol. The van der Waals surface area contributed by atoms with Gasteiger partial charge in [0, 0.05) is 31.7 Å². The first-order valence-electron chi connectivity index (χ1n) is 7.69. The van der Waals surface area contributed by atoms with Crippen LogP contribution in [0.3, 0.4) is 0 Å². The van der Waals surface area contributed by atoms with Crippen molar-refractivity contribution >= 4 is 15.9 Å². The molecule has 0 aromatic heterocycles. The van der Waals surface area contributed by atoms with E-state index >= 15 is 0 Å². The molecule has 0 spiro atoms. The van der Waals surface area contributed by atoms with Gasteiger partial charge in [-0.2, -0.15) is 0 Å². The molecule has 6 heteroatoms. The Balaban J connectivity index is 2.10. The van der Waals surface area contributed by atoms with Crippen LogP contribution in [0, 0.1) is 13.8 Å². The van der Waals surface area contributed by atoms with Crippen LogP contribution in [0.4, 0.5) is 0 Å². The molecule has 1 heterocycles. The molecule has 1 aromatic carbocycles. The predicted molar refractivity (Wildman–Crippen MR) is 87.5 cm³/mol. The average Bonchev–Trinajstić information content (AvgIpc) is 2.75. The molecule has 1 amide bonds. The molecule has 1 aliphatic rings. The Kier molecular flexibility index (Phi) is 5.24. The maximum atomic E-state index is 12.6. The number of hydrogen-bond donors (Lipinski definition) is 0. The van der Waals surface area contributed by atoms with Gasteiger partial charge in [0.1, 0.15) is 0 Å². The SMILES string of the molecule is CCS(=O)(=O)N1CCCN(C(=O)c2ccc(C)c(C)c2)CC1. The van der Waals surface area contributed by atoms with E-state index in [9.17, 15) is 13.2 Å². The molecule has 0 saturated carbocycles. The van der Waals surface area contributed by atoms with Gasteiger partial charge in [0.2, 0.25) is 10.0 Å². The molecule has 22 heavy (non-hydrogen) atoms. The van der Waals surface area contributed by atoms with E-state index in [1.807, 2.05) is 32.0 Å². The van der Waals surface area contributed by atoms with Crippen LogP contribution in [-0.2, 0) is 10.0 Å². The third-order valence-corrected chi connectivity index (χ3v) is 6.14. The average molecular weight is 324 g/mol. The van der Waals surface area contributed by atoms with Crippen molar-refractivity contribution < 1.29 is 13.2 Å². The van der Waals surface area contributed by atoms with E-state index in [1.54, 1.807) is 11.8 Å². The Morgan fingerprint density at radius 1 is 1.09 bits per heavy atom. The number of nitrogens with zero attached hydrogens (tertiary/aromatic N) is 2. The van der Waals surface area contributed by atoms with E-state index in [-0.39, 0.29) is 11.7 Å². The zero-order valence-electron chi connectivity index (χ0n) is 13.5. The first-order valence-corrected chi connectivity index (χ1v) is 9.30. The Morgan fingerprint density at radius 2 is 1.82 bits per heavy atom. The summed E-state index contributed by atoms with van der Waals surface area (Å²) in [4.78, 5) is 14.4. The number of rotatable bonds is 3. The van der Waals surface area contributed by atoms with Crippen molar-refractivity contribution in [1.82, 2.24) is 9.21 Å². The summed E-state index contributed by atoms with van der Waals surface area (Å²) >= 11 is 0. The molecule has 1 saturated heterocycles. The van der Waals surface area contributed by atoms with Gasteiger partial charge in [0.05, 0.1) is 5.75 Å². The minimum absolute atomic E-state index is 0.0150. The zero-order valence-corrected chi connectivity index (χ0v) is 14.3. The third-order valence-electron chi connectivity index (χ3n) is 4.25. The van der Waals surface area contributed by atoms with Gasteiger partial charge in [-0.15, -0.1) is 0 Å². The van der Waals surface area contributed by atoms with Crippen molar-refractivity contribution in [3.63, 3.8) is 0 Å². The molecular formula is C16H24N2O3S. The second-order valence-corrected chi connectivity index (χ2v) is 8.00. The second-order valence-electron chi connectivity index (χ2n) is 5.74. The lowest BCUT2D eigenvalue weighted by Gasteiger charge is -2.22. The molecule has 0 bridgehead atoms. The summed E-state index contributed by atoms with van der Waals surface area (Å²) in [7, 11) is -3.18. The van der Waals surface area contributed by atoms with Crippen molar-refractivity contribution in [1.29, 1.82) is 0 Å². The lowest BCUT2D eigenvalue weighted by Crippen LogP contribution is -2.38. The highest BCUT2D eigenvalue weighted by molar-refractivity contribution is 7.89. The molecule has 5 nitrogen and oxygen atoms in total. The summed E-state index contributed by atoms with van der Waals surface area (Å²) < 4.78 is 25.4. The van der Waals surface area contributed by atoms with E-state index in [1.165, 1.54) is 4.31 Å². The summed E-state index contributed by atoms with van der Waals surface area (Å²) in [6.07, 6.45) is 0.676. The summed E-state index contributed by atoms with van der Waals surface area (Å²) in [5.41, 5.74) is 2.93. The normalized spacial score (nSPS) is 17.3. The Hall–Kier alpha value is -1.40. The number of carbonyl (C=O) groups excluding carboxylic acids is 1. The van der Waals surface area contributed by atoms with E-state index < -0.39 is 10.0 Å². The lowest BCUT2D eigenvalue weighted by atomic mass is 10.1. The molecule has 0 aliphatic carbocycles. The first-order chi connectivity index (χ1) is 10.3. The minimum Gasteiger partial charge on any atom is -0.337 e. The maximum absolute atomic E-state index is 12.6. The van der Waals surface area contributed by atoms with Crippen LogP contribution in [0.25, 0.3) is 0 Å². The highest BCUT2D eigenvalue weighted by atomic mass is 32.2. The van der Waals surface area contributed by atoms with Crippen molar-refractivity contribution in [2.75, 3.05) is 31.9 Å². The van der Waals surface area contributed by atoms with Crippen LogP contribution in [0.1, 0.15) is 34.8 Å². The number of amides is 1. The van der Waals surface area contributed by atoms with Crippen LogP contribution in [0.5, 0.6) is 0 Å². The fourth-order valence-corrected chi connectivity index (χ4v) is 3.75. The van der Waals surface area contributed by atoms with E-state index in [0.717, 1.165) is 11.1 Å². The van der Waals surface area contributed by atoms with Crippen LogP contribution in [0.15, 0.2) is 18.2 Å².